The fourth-order valence-corrected chi connectivity index (χ4v) is 2.20. The van der Waals surface area contributed by atoms with Crippen molar-refractivity contribution in [2.75, 3.05) is 0 Å². The molecule has 0 saturated heterocycles. The van der Waals surface area contributed by atoms with E-state index in [2.05, 4.69) is 10.2 Å². The zero-order valence-corrected chi connectivity index (χ0v) is 14.3. The van der Waals surface area contributed by atoms with Crippen molar-refractivity contribution in [2.45, 2.75) is 0 Å². The fourth-order valence-electron chi connectivity index (χ4n) is 2.03. The second-order valence-electron chi connectivity index (χ2n) is 4.49. The van der Waals surface area contributed by atoms with E-state index in [-0.39, 0.29) is 42.0 Å². The van der Waals surface area contributed by atoms with Crippen molar-refractivity contribution in [1.82, 2.24) is 0 Å². The number of aromatic hydroxyl groups is 2. The van der Waals surface area contributed by atoms with Crippen molar-refractivity contribution in [3.05, 3.63) is 67.0 Å². The van der Waals surface area contributed by atoms with Gasteiger partial charge in [0.15, 0.2) is 0 Å². The number of halogens is 1. The molecule has 3 aromatic carbocycles. The summed E-state index contributed by atoms with van der Waals surface area (Å²) in [5.74, 6) is 0.00171. The summed E-state index contributed by atoms with van der Waals surface area (Å²) in [7, 11) is 0. The van der Waals surface area contributed by atoms with Crippen molar-refractivity contribution in [3.8, 4) is 11.5 Å². The third-order valence-corrected chi connectivity index (χ3v) is 3.31. The first-order valence-corrected chi connectivity index (χ1v) is 6.64. The zero-order chi connectivity index (χ0) is 14.8. The van der Waals surface area contributed by atoms with Crippen LogP contribution >= 0.6 is 11.6 Å². The smallest absolute Gasteiger partial charge is 0.143 e. The molecule has 2 N–H and O–H groups in total. The van der Waals surface area contributed by atoms with E-state index in [1.165, 1.54) is 12.1 Å². The van der Waals surface area contributed by atoms with Crippen LogP contribution in [0.15, 0.2) is 64.8 Å². The molecule has 0 aliphatic heterocycles. The van der Waals surface area contributed by atoms with Crippen LogP contribution in [0.1, 0.15) is 0 Å². The van der Waals surface area contributed by atoms with Crippen LogP contribution in [0.5, 0.6) is 11.5 Å². The molecule has 0 radical (unpaired) electrons. The Morgan fingerprint density at radius 2 is 1.52 bits per heavy atom. The van der Waals surface area contributed by atoms with E-state index in [1.54, 1.807) is 18.2 Å². The van der Waals surface area contributed by atoms with E-state index in [4.69, 9.17) is 11.6 Å². The molecule has 0 aliphatic carbocycles. The third-order valence-electron chi connectivity index (χ3n) is 3.07. The Morgan fingerprint density at radius 1 is 0.826 bits per heavy atom. The van der Waals surface area contributed by atoms with Crippen molar-refractivity contribution in [3.63, 3.8) is 0 Å². The Bertz CT molecular complexity index is 853. The normalized spacial score (nSPS) is 10.3. The number of phenolic OH excluding ortho intramolecular Hbond substituents is 2. The van der Waals surface area contributed by atoms with Gasteiger partial charge < -0.3 is 17.6 Å². The van der Waals surface area contributed by atoms with Gasteiger partial charge in [0.2, 0.25) is 0 Å². The second kappa shape index (κ2) is 7.98. The number of phenols is 2. The molecule has 3 rings (SSSR count). The number of hydrogen-bond donors (Lipinski definition) is 2. The average Bonchev–Trinajstić information content (AvgIpc) is 2.49. The number of hydrogen-bond acceptors (Lipinski definition) is 4. The van der Waals surface area contributed by atoms with Gasteiger partial charge >= 0.3 is 0 Å². The summed E-state index contributed by atoms with van der Waals surface area (Å²) in [5, 5.41) is 29.9. The minimum atomic E-state index is -0.0251. The van der Waals surface area contributed by atoms with E-state index in [9.17, 15) is 10.2 Å². The molecule has 23 heavy (non-hydrogen) atoms. The molecule has 118 valence electrons. The third kappa shape index (κ3) is 4.02. The van der Waals surface area contributed by atoms with Crippen LogP contribution in [0.2, 0.25) is 5.02 Å². The number of nitrogens with zero attached hydrogens (tertiary/aromatic N) is 2. The molecule has 0 spiro atoms. The van der Waals surface area contributed by atoms with Gasteiger partial charge in [0.25, 0.3) is 0 Å². The second-order valence-corrected chi connectivity index (χ2v) is 4.92. The van der Waals surface area contributed by atoms with E-state index in [0.29, 0.717) is 10.7 Å². The van der Waals surface area contributed by atoms with Gasteiger partial charge in [0.05, 0.1) is 0 Å². The summed E-state index contributed by atoms with van der Waals surface area (Å²) in [5.41, 5.74) is 0.599. The first-order chi connectivity index (χ1) is 10.1. The van der Waals surface area contributed by atoms with Crippen molar-refractivity contribution >= 4 is 33.7 Å². The van der Waals surface area contributed by atoms with Gasteiger partial charge in [-0.05, 0) is 29.7 Å². The minimum absolute atomic E-state index is 0. The first-order valence-electron chi connectivity index (χ1n) is 6.26. The standard InChI is InChI=1S/C16H11ClN2O2.CH3.Cr/c17-11-6-8-14(20)13(9-11)18-19-16-12-4-2-1-3-10(12)5-7-15(16)21;;/h1-9,20-21H;1H3;/q;-1;. The maximum atomic E-state index is 9.97. The Labute approximate surface area is 150 Å². The van der Waals surface area contributed by atoms with Crippen LogP contribution in [0.4, 0.5) is 11.4 Å². The molecule has 0 bridgehead atoms. The Hall–Kier alpha value is -2.06. The molecule has 3 aromatic rings. The number of benzene rings is 3. The predicted molar refractivity (Wildman–Crippen MR) is 89.3 cm³/mol. The van der Waals surface area contributed by atoms with Crippen LogP contribution in [-0.2, 0) is 17.4 Å². The molecule has 4 nitrogen and oxygen atoms in total. The van der Waals surface area contributed by atoms with Crippen molar-refractivity contribution in [2.24, 2.45) is 10.2 Å². The van der Waals surface area contributed by atoms with Gasteiger partial charge in [-0.15, -0.1) is 10.2 Å². The van der Waals surface area contributed by atoms with Crippen LogP contribution in [0.25, 0.3) is 10.8 Å². The molecular formula is C17H14ClCrN2O2-. The Balaban J connectivity index is 0.00000132. The SMILES string of the molecule is Oc1ccc(Cl)cc1N=Nc1c(O)ccc2ccccc12.[CH3-].[Cr]. The van der Waals surface area contributed by atoms with Crippen LogP contribution in [0.3, 0.4) is 0 Å². The fraction of sp³-hybridized carbons (Fsp3) is 0. The maximum Gasteiger partial charge on any atom is 0.143 e. The van der Waals surface area contributed by atoms with Gasteiger partial charge in [-0.1, -0.05) is 41.9 Å². The molecule has 0 aliphatic rings. The van der Waals surface area contributed by atoms with Gasteiger partial charge in [-0.3, -0.25) is 0 Å². The van der Waals surface area contributed by atoms with Crippen molar-refractivity contribution < 1.29 is 27.6 Å². The summed E-state index contributed by atoms with van der Waals surface area (Å²) >= 11 is 5.86. The van der Waals surface area contributed by atoms with E-state index in [0.717, 1.165) is 10.8 Å². The molecule has 0 aromatic heterocycles. The molecule has 0 amide bonds. The van der Waals surface area contributed by atoms with Crippen LogP contribution in [-0.4, -0.2) is 10.2 Å². The molecule has 0 heterocycles. The maximum absolute atomic E-state index is 9.97. The summed E-state index contributed by atoms with van der Waals surface area (Å²) in [6, 6.07) is 15.4. The quantitative estimate of drug-likeness (QED) is 0.447. The summed E-state index contributed by atoms with van der Waals surface area (Å²) in [4.78, 5) is 0. The summed E-state index contributed by atoms with van der Waals surface area (Å²) < 4.78 is 0. The van der Waals surface area contributed by atoms with E-state index < -0.39 is 0 Å². The number of rotatable bonds is 2. The number of fused-ring (bicyclic) bond motifs is 1. The van der Waals surface area contributed by atoms with Crippen LogP contribution in [0, 0.1) is 7.43 Å². The molecule has 0 unspecified atom stereocenters. The Morgan fingerprint density at radius 3 is 2.30 bits per heavy atom. The van der Waals surface area contributed by atoms with Gasteiger partial charge in [-0.2, -0.15) is 0 Å². The first kappa shape index (κ1) is 19.0. The monoisotopic (exact) mass is 365 g/mol. The van der Waals surface area contributed by atoms with E-state index >= 15 is 0 Å². The molecule has 0 fully saturated rings. The Kier molecular flexibility index (Phi) is 6.59. The minimum Gasteiger partial charge on any atom is -0.506 e. The van der Waals surface area contributed by atoms with Crippen molar-refractivity contribution in [1.29, 1.82) is 0 Å². The predicted octanol–water partition coefficient (Wildman–Crippen LogP) is 5.77. The van der Waals surface area contributed by atoms with E-state index in [1.807, 2.05) is 24.3 Å². The summed E-state index contributed by atoms with van der Waals surface area (Å²) in [6.07, 6.45) is 0. The van der Waals surface area contributed by atoms with Crippen LogP contribution < -0.4 is 0 Å². The molecule has 6 heteroatoms. The number of azo groups is 1. The van der Waals surface area contributed by atoms with Gasteiger partial charge in [0, 0.05) is 27.8 Å². The average molecular weight is 366 g/mol. The van der Waals surface area contributed by atoms with Gasteiger partial charge in [-0.25, -0.2) is 0 Å². The largest absolute Gasteiger partial charge is 0.506 e. The van der Waals surface area contributed by atoms with Gasteiger partial charge in [0.1, 0.15) is 22.9 Å². The zero-order valence-electron chi connectivity index (χ0n) is 12.3. The molecular weight excluding hydrogens is 352 g/mol. The summed E-state index contributed by atoms with van der Waals surface area (Å²) in [6.45, 7) is 0. The topological polar surface area (TPSA) is 65.2 Å². The molecule has 0 atom stereocenters. The molecule has 0 saturated carbocycles.